The van der Waals surface area contributed by atoms with Gasteiger partial charge in [-0.3, -0.25) is 9.58 Å². The van der Waals surface area contributed by atoms with Gasteiger partial charge in [-0.25, -0.2) is 4.79 Å². The summed E-state index contributed by atoms with van der Waals surface area (Å²) in [6, 6.07) is 1.25. The zero-order valence-electron chi connectivity index (χ0n) is 15.5. The van der Waals surface area contributed by atoms with Crippen molar-refractivity contribution in [2.24, 2.45) is 0 Å². The first-order valence-corrected chi connectivity index (χ1v) is 8.59. The zero-order valence-corrected chi connectivity index (χ0v) is 15.5. The summed E-state index contributed by atoms with van der Waals surface area (Å²) in [6.45, 7) is 7.78. The number of carbonyl (C=O) groups is 1. The quantitative estimate of drug-likeness (QED) is 0.780. The number of hydrogen-bond donors (Lipinski definition) is 1. The van der Waals surface area contributed by atoms with Gasteiger partial charge in [-0.1, -0.05) is 0 Å². The third-order valence-corrected chi connectivity index (χ3v) is 3.93. The molecule has 2 atom stereocenters. The molecule has 0 aromatic carbocycles. The van der Waals surface area contributed by atoms with Crippen molar-refractivity contribution in [3.05, 3.63) is 18.0 Å². The predicted molar refractivity (Wildman–Crippen MR) is 91.2 cm³/mol. The lowest BCUT2D eigenvalue weighted by molar-refractivity contribution is -0.0690. The molecular weight excluding hydrogens is 326 g/mol. The van der Waals surface area contributed by atoms with E-state index in [4.69, 9.17) is 14.2 Å². The Morgan fingerprint density at radius 3 is 2.96 bits per heavy atom. The van der Waals surface area contributed by atoms with Gasteiger partial charge in [0, 0.05) is 33.0 Å². The molecule has 1 saturated heterocycles. The number of aromatic nitrogens is 2. The molecule has 1 fully saturated rings. The fourth-order valence-electron chi connectivity index (χ4n) is 2.77. The summed E-state index contributed by atoms with van der Waals surface area (Å²) in [5.41, 5.74) is 0.0625. The molecule has 1 amide bonds. The van der Waals surface area contributed by atoms with Crippen LogP contribution in [0, 0.1) is 0 Å². The summed E-state index contributed by atoms with van der Waals surface area (Å²) in [5.74, 6) is 0. The van der Waals surface area contributed by atoms with Crippen molar-refractivity contribution in [1.82, 2.24) is 14.7 Å². The summed E-state index contributed by atoms with van der Waals surface area (Å²) in [7, 11) is 1.65. The Kier molecular flexibility index (Phi) is 6.80. The molecule has 142 valence electrons. The molecule has 0 spiro atoms. The Labute approximate surface area is 148 Å². The number of morpholine rings is 1. The average molecular weight is 355 g/mol. The molecule has 0 aliphatic carbocycles. The molecule has 0 bridgehead atoms. The van der Waals surface area contributed by atoms with Crippen LogP contribution in [0.4, 0.5) is 4.79 Å². The highest BCUT2D eigenvalue weighted by Crippen LogP contribution is 2.25. The van der Waals surface area contributed by atoms with E-state index in [0.29, 0.717) is 32.0 Å². The third kappa shape index (κ3) is 5.42. The summed E-state index contributed by atoms with van der Waals surface area (Å²) in [5, 5.41) is 15.1. The van der Waals surface area contributed by atoms with Gasteiger partial charge < -0.3 is 19.3 Å². The fourth-order valence-corrected chi connectivity index (χ4v) is 2.77. The molecule has 2 rings (SSSR count). The molecule has 1 N–H and O–H groups in total. The minimum Gasteiger partial charge on any atom is -0.444 e. The molecule has 2 heterocycles. The maximum Gasteiger partial charge on any atom is 0.410 e. The second-order valence-corrected chi connectivity index (χ2v) is 7.09. The van der Waals surface area contributed by atoms with Crippen molar-refractivity contribution in [2.45, 2.75) is 51.5 Å². The normalized spacial score (nSPS) is 19.7. The summed E-state index contributed by atoms with van der Waals surface area (Å²) in [6.07, 6.45) is 1.09. The van der Waals surface area contributed by atoms with Gasteiger partial charge in [-0.05, 0) is 33.3 Å². The Morgan fingerprint density at radius 2 is 2.28 bits per heavy atom. The Bertz CT molecular complexity index is 555. The molecule has 0 saturated carbocycles. The van der Waals surface area contributed by atoms with E-state index in [9.17, 15) is 9.90 Å². The van der Waals surface area contributed by atoms with E-state index in [0.717, 1.165) is 6.42 Å². The summed E-state index contributed by atoms with van der Waals surface area (Å²) < 4.78 is 17.8. The van der Waals surface area contributed by atoms with E-state index in [2.05, 4.69) is 5.10 Å². The first-order chi connectivity index (χ1) is 11.8. The molecule has 1 aromatic rings. The maximum absolute atomic E-state index is 12.5. The summed E-state index contributed by atoms with van der Waals surface area (Å²) in [4.78, 5) is 14.0. The molecular formula is C17H29N3O5. The highest BCUT2D eigenvalue weighted by molar-refractivity contribution is 5.68. The molecule has 1 aliphatic rings. The van der Waals surface area contributed by atoms with Gasteiger partial charge in [0.15, 0.2) is 0 Å². The van der Waals surface area contributed by atoms with Crippen LogP contribution in [0.3, 0.4) is 0 Å². The molecule has 1 aliphatic heterocycles. The second-order valence-electron chi connectivity index (χ2n) is 7.09. The molecule has 0 radical (unpaired) electrons. The van der Waals surface area contributed by atoms with Crippen LogP contribution in [0.1, 0.15) is 39.0 Å². The smallest absolute Gasteiger partial charge is 0.410 e. The highest BCUT2D eigenvalue weighted by atomic mass is 16.6. The van der Waals surface area contributed by atoms with Gasteiger partial charge in [0.1, 0.15) is 11.7 Å². The fraction of sp³-hybridized carbons (Fsp3) is 0.765. The average Bonchev–Trinajstić information content (AvgIpc) is 3.01. The minimum absolute atomic E-state index is 0.254. The Morgan fingerprint density at radius 1 is 1.52 bits per heavy atom. The lowest BCUT2D eigenvalue weighted by Crippen LogP contribution is -2.53. The number of hydrogen-bond acceptors (Lipinski definition) is 6. The van der Waals surface area contributed by atoms with E-state index in [1.165, 1.54) is 0 Å². The van der Waals surface area contributed by atoms with Gasteiger partial charge >= 0.3 is 6.09 Å². The van der Waals surface area contributed by atoms with Gasteiger partial charge in [-0.15, -0.1) is 0 Å². The predicted octanol–water partition coefficient (Wildman–Crippen LogP) is 1.59. The SMILES string of the molecule is COCCCn1nccc1C(O)C1COCCN1C(=O)OC(C)(C)C. The largest absolute Gasteiger partial charge is 0.444 e. The molecule has 8 heteroatoms. The van der Waals surface area contributed by atoms with Gasteiger partial charge in [-0.2, -0.15) is 5.10 Å². The minimum atomic E-state index is -0.905. The Balaban J connectivity index is 2.11. The number of aliphatic hydroxyl groups is 1. The second kappa shape index (κ2) is 8.64. The monoisotopic (exact) mass is 355 g/mol. The maximum atomic E-state index is 12.5. The number of amides is 1. The molecule has 1 aromatic heterocycles. The number of aliphatic hydroxyl groups excluding tert-OH is 1. The van der Waals surface area contributed by atoms with Crippen LogP contribution in [-0.2, 0) is 20.8 Å². The zero-order chi connectivity index (χ0) is 18.4. The van der Waals surface area contributed by atoms with E-state index >= 15 is 0 Å². The van der Waals surface area contributed by atoms with E-state index in [-0.39, 0.29) is 6.61 Å². The number of rotatable bonds is 6. The van der Waals surface area contributed by atoms with Crippen LogP contribution < -0.4 is 0 Å². The number of methoxy groups -OCH3 is 1. The molecule has 8 nitrogen and oxygen atoms in total. The van der Waals surface area contributed by atoms with Crippen molar-refractivity contribution in [1.29, 1.82) is 0 Å². The standard InChI is InChI=1S/C17H29N3O5/c1-17(2,3)25-16(22)19-9-11-24-12-14(19)15(21)13-6-7-18-20(13)8-5-10-23-4/h6-7,14-15,21H,5,8-12H2,1-4H3. The van der Waals surface area contributed by atoms with Crippen molar-refractivity contribution in [2.75, 3.05) is 33.5 Å². The van der Waals surface area contributed by atoms with E-state index < -0.39 is 23.8 Å². The van der Waals surface area contributed by atoms with Crippen LogP contribution >= 0.6 is 0 Å². The lowest BCUT2D eigenvalue weighted by atomic mass is 10.1. The number of carbonyl (C=O) groups excluding carboxylic acids is 1. The summed E-state index contributed by atoms with van der Waals surface area (Å²) >= 11 is 0. The molecule has 2 unspecified atom stereocenters. The van der Waals surface area contributed by atoms with E-state index in [1.54, 1.807) is 29.0 Å². The van der Waals surface area contributed by atoms with Crippen LogP contribution in [0.5, 0.6) is 0 Å². The molecule has 25 heavy (non-hydrogen) atoms. The van der Waals surface area contributed by atoms with Crippen molar-refractivity contribution in [3.8, 4) is 0 Å². The van der Waals surface area contributed by atoms with Crippen LogP contribution in [-0.4, -0.2) is 71.0 Å². The highest BCUT2D eigenvalue weighted by Gasteiger charge is 2.37. The van der Waals surface area contributed by atoms with Gasteiger partial charge in [0.05, 0.1) is 24.9 Å². The van der Waals surface area contributed by atoms with Crippen molar-refractivity contribution >= 4 is 6.09 Å². The van der Waals surface area contributed by atoms with Gasteiger partial charge in [0.25, 0.3) is 0 Å². The van der Waals surface area contributed by atoms with Crippen LogP contribution in [0.25, 0.3) is 0 Å². The van der Waals surface area contributed by atoms with Crippen molar-refractivity contribution in [3.63, 3.8) is 0 Å². The Hall–Kier alpha value is -1.64. The topological polar surface area (TPSA) is 86.1 Å². The van der Waals surface area contributed by atoms with E-state index in [1.807, 2.05) is 20.8 Å². The van der Waals surface area contributed by atoms with Crippen molar-refractivity contribution < 1.29 is 24.1 Å². The van der Waals surface area contributed by atoms with Crippen LogP contribution in [0.2, 0.25) is 0 Å². The number of ether oxygens (including phenoxy) is 3. The third-order valence-electron chi connectivity index (χ3n) is 3.93. The van der Waals surface area contributed by atoms with Gasteiger partial charge in [0.2, 0.25) is 0 Å². The number of nitrogens with zero attached hydrogens (tertiary/aromatic N) is 3. The number of aryl methyl sites for hydroxylation is 1. The van der Waals surface area contributed by atoms with Crippen LogP contribution in [0.15, 0.2) is 12.3 Å². The first kappa shape index (κ1) is 19.7. The first-order valence-electron chi connectivity index (χ1n) is 8.59. The lowest BCUT2D eigenvalue weighted by Gasteiger charge is -2.38.